The summed E-state index contributed by atoms with van der Waals surface area (Å²) in [5.41, 5.74) is 7.67. The SMILES string of the molecule is CC(C)c1cnn2c(NCc3ccccc3C(N)=O)nc(S(C)(=O)=O)nc12. The summed E-state index contributed by atoms with van der Waals surface area (Å²) in [6, 6.07) is 6.88. The Morgan fingerprint density at radius 3 is 2.59 bits per heavy atom. The second-order valence-corrected chi connectivity index (χ2v) is 8.38. The Morgan fingerprint density at radius 2 is 1.96 bits per heavy atom. The predicted octanol–water partition coefficient (Wildman–Crippen LogP) is 1.36. The molecule has 1 aromatic carbocycles. The molecule has 3 aromatic rings. The van der Waals surface area contributed by atoms with Crippen LogP contribution in [-0.2, 0) is 16.4 Å². The highest BCUT2D eigenvalue weighted by molar-refractivity contribution is 7.90. The van der Waals surface area contributed by atoms with Crippen molar-refractivity contribution >= 4 is 27.3 Å². The molecule has 0 radical (unpaired) electrons. The molecule has 0 saturated heterocycles. The fourth-order valence-corrected chi connectivity index (χ4v) is 3.16. The summed E-state index contributed by atoms with van der Waals surface area (Å²) in [6.07, 6.45) is 2.69. The van der Waals surface area contributed by atoms with Crippen molar-refractivity contribution in [3.8, 4) is 0 Å². The zero-order chi connectivity index (χ0) is 19.8. The molecule has 0 atom stereocenters. The van der Waals surface area contributed by atoms with E-state index in [0.717, 1.165) is 11.8 Å². The third-order valence-electron chi connectivity index (χ3n) is 4.05. The second-order valence-electron chi connectivity index (χ2n) is 6.47. The molecule has 1 amide bonds. The maximum atomic E-state index is 12.0. The van der Waals surface area contributed by atoms with Crippen LogP contribution in [-0.4, -0.2) is 40.2 Å². The molecule has 2 heterocycles. The number of nitrogens with one attached hydrogen (secondary N) is 1. The highest BCUT2D eigenvalue weighted by atomic mass is 32.2. The minimum atomic E-state index is -3.62. The Kier molecular flexibility index (Phi) is 4.83. The molecule has 10 heteroatoms. The van der Waals surface area contributed by atoms with Crippen molar-refractivity contribution in [3.63, 3.8) is 0 Å². The molecule has 9 nitrogen and oxygen atoms in total. The molecular formula is C17H20N6O3S. The van der Waals surface area contributed by atoms with Gasteiger partial charge in [-0.2, -0.15) is 19.6 Å². The number of hydrogen-bond donors (Lipinski definition) is 2. The summed E-state index contributed by atoms with van der Waals surface area (Å²) in [7, 11) is -3.62. The average Bonchev–Trinajstić information content (AvgIpc) is 3.03. The van der Waals surface area contributed by atoms with Crippen molar-refractivity contribution in [2.45, 2.75) is 31.5 Å². The van der Waals surface area contributed by atoms with E-state index >= 15 is 0 Å². The molecule has 3 rings (SSSR count). The number of fused-ring (bicyclic) bond motifs is 1. The highest BCUT2D eigenvalue weighted by Gasteiger charge is 2.20. The number of amides is 1. The maximum Gasteiger partial charge on any atom is 0.252 e. The number of nitrogens with zero attached hydrogens (tertiary/aromatic N) is 4. The number of primary amides is 1. The van der Waals surface area contributed by atoms with Crippen LogP contribution in [0.5, 0.6) is 0 Å². The van der Waals surface area contributed by atoms with Gasteiger partial charge in [-0.15, -0.1) is 0 Å². The van der Waals surface area contributed by atoms with Crippen LogP contribution in [0.25, 0.3) is 5.65 Å². The Morgan fingerprint density at radius 1 is 1.26 bits per heavy atom. The van der Waals surface area contributed by atoms with Crippen LogP contribution in [0, 0.1) is 0 Å². The molecule has 142 valence electrons. The van der Waals surface area contributed by atoms with Crippen LogP contribution in [0.3, 0.4) is 0 Å². The van der Waals surface area contributed by atoms with Gasteiger partial charge in [0.15, 0.2) is 5.65 Å². The first kappa shape index (κ1) is 18.8. The minimum Gasteiger partial charge on any atom is -0.366 e. The molecule has 3 N–H and O–H groups in total. The first-order chi connectivity index (χ1) is 12.7. The van der Waals surface area contributed by atoms with Gasteiger partial charge in [-0.05, 0) is 17.5 Å². The third kappa shape index (κ3) is 3.75. The summed E-state index contributed by atoms with van der Waals surface area (Å²) in [5.74, 6) is -0.224. The summed E-state index contributed by atoms with van der Waals surface area (Å²) in [5, 5.41) is 7.03. The van der Waals surface area contributed by atoms with E-state index < -0.39 is 15.7 Å². The predicted molar refractivity (Wildman–Crippen MR) is 100 cm³/mol. The number of aromatic nitrogens is 4. The number of benzene rings is 1. The summed E-state index contributed by atoms with van der Waals surface area (Å²) < 4.78 is 25.5. The monoisotopic (exact) mass is 388 g/mol. The lowest BCUT2D eigenvalue weighted by molar-refractivity contribution is 0.0999. The van der Waals surface area contributed by atoms with Gasteiger partial charge in [0.25, 0.3) is 5.16 Å². The summed E-state index contributed by atoms with van der Waals surface area (Å²) in [4.78, 5) is 19.9. The topological polar surface area (TPSA) is 132 Å². The maximum absolute atomic E-state index is 12.0. The van der Waals surface area contributed by atoms with Gasteiger partial charge < -0.3 is 11.1 Å². The average molecular weight is 388 g/mol. The van der Waals surface area contributed by atoms with Crippen molar-refractivity contribution < 1.29 is 13.2 Å². The van der Waals surface area contributed by atoms with Gasteiger partial charge >= 0.3 is 0 Å². The Bertz CT molecular complexity index is 1120. The molecule has 0 fully saturated rings. The van der Waals surface area contributed by atoms with Crippen molar-refractivity contribution in [1.29, 1.82) is 0 Å². The Hall–Kier alpha value is -3.01. The molecule has 0 aliphatic carbocycles. The van der Waals surface area contributed by atoms with E-state index in [4.69, 9.17) is 5.73 Å². The largest absolute Gasteiger partial charge is 0.366 e. The van der Waals surface area contributed by atoms with E-state index in [1.165, 1.54) is 4.52 Å². The quantitative estimate of drug-likeness (QED) is 0.651. The Balaban J connectivity index is 2.07. The van der Waals surface area contributed by atoms with Crippen molar-refractivity contribution in [3.05, 3.63) is 47.2 Å². The number of sulfone groups is 1. The number of anilines is 1. The Labute approximate surface area is 156 Å². The van der Waals surface area contributed by atoms with Gasteiger partial charge in [0.1, 0.15) is 0 Å². The summed E-state index contributed by atoms with van der Waals surface area (Å²) in [6.45, 7) is 4.15. The molecule has 0 aliphatic rings. The van der Waals surface area contributed by atoms with Crippen LogP contribution < -0.4 is 11.1 Å². The molecule has 0 spiro atoms. The zero-order valence-corrected chi connectivity index (χ0v) is 16.0. The van der Waals surface area contributed by atoms with E-state index in [1.54, 1.807) is 30.5 Å². The van der Waals surface area contributed by atoms with Crippen LogP contribution in [0.1, 0.15) is 41.3 Å². The molecule has 27 heavy (non-hydrogen) atoms. The van der Waals surface area contributed by atoms with Gasteiger partial charge in [0.2, 0.25) is 21.7 Å². The number of nitrogens with two attached hydrogens (primary N) is 1. The highest BCUT2D eigenvalue weighted by Crippen LogP contribution is 2.22. The number of carbonyl (C=O) groups excluding carboxylic acids is 1. The van der Waals surface area contributed by atoms with Crippen LogP contribution in [0.4, 0.5) is 5.95 Å². The number of carbonyl (C=O) groups is 1. The lowest BCUT2D eigenvalue weighted by Crippen LogP contribution is -2.17. The van der Waals surface area contributed by atoms with E-state index in [0.29, 0.717) is 16.8 Å². The fraction of sp³-hybridized carbons (Fsp3) is 0.294. The molecular weight excluding hydrogens is 368 g/mol. The fourth-order valence-electron chi connectivity index (χ4n) is 2.65. The van der Waals surface area contributed by atoms with E-state index in [1.807, 2.05) is 13.8 Å². The van der Waals surface area contributed by atoms with Crippen molar-refractivity contribution in [2.75, 3.05) is 11.6 Å². The molecule has 2 aromatic heterocycles. The van der Waals surface area contributed by atoms with Gasteiger partial charge in [-0.1, -0.05) is 32.0 Å². The second kappa shape index (κ2) is 6.95. The smallest absolute Gasteiger partial charge is 0.252 e. The summed E-state index contributed by atoms with van der Waals surface area (Å²) >= 11 is 0. The van der Waals surface area contributed by atoms with Gasteiger partial charge in [-0.3, -0.25) is 4.79 Å². The van der Waals surface area contributed by atoms with E-state index in [9.17, 15) is 13.2 Å². The van der Waals surface area contributed by atoms with Crippen LogP contribution in [0.15, 0.2) is 35.6 Å². The van der Waals surface area contributed by atoms with Crippen LogP contribution >= 0.6 is 0 Å². The van der Waals surface area contributed by atoms with E-state index in [2.05, 4.69) is 20.4 Å². The third-order valence-corrected chi connectivity index (χ3v) is 4.89. The standard InChI is InChI=1S/C17H20N6O3S/c1-10(2)13-9-20-23-15(13)21-17(27(3,25)26)22-16(23)19-8-11-6-4-5-7-12(11)14(18)24/h4-7,9-10H,8H2,1-3H3,(H2,18,24)(H,19,21,22). The minimum absolute atomic E-state index is 0.105. The first-order valence-corrected chi connectivity index (χ1v) is 10.1. The van der Waals surface area contributed by atoms with Crippen molar-refractivity contribution in [1.82, 2.24) is 19.6 Å². The number of hydrogen-bond acceptors (Lipinski definition) is 7. The molecule has 0 saturated carbocycles. The van der Waals surface area contributed by atoms with Gasteiger partial charge in [-0.25, -0.2) is 8.42 Å². The lowest BCUT2D eigenvalue weighted by Gasteiger charge is -2.11. The van der Waals surface area contributed by atoms with Gasteiger partial charge in [0, 0.05) is 23.9 Å². The molecule has 0 aliphatic heterocycles. The lowest BCUT2D eigenvalue weighted by atomic mass is 10.1. The van der Waals surface area contributed by atoms with Crippen LogP contribution in [0.2, 0.25) is 0 Å². The number of rotatable bonds is 6. The van der Waals surface area contributed by atoms with Crippen molar-refractivity contribution in [2.24, 2.45) is 5.73 Å². The first-order valence-electron chi connectivity index (χ1n) is 8.25. The normalized spacial score (nSPS) is 11.9. The molecule has 0 unspecified atom stereocenters. The van der Waals surface area contributed by atoms with E-state index in [-0.39, 0.29) is 23.6 Å². The molecule has 0 bridgehead atoms. The zero-order valence-electron chi connectivity index (χ0n) is 15.2. The van der Waals surface area contributed by atoms with Gasteiger partial charge in [0.05, 0.1) is 6.20 Å².